The van der Waals surface area contributed by atoms with E-state index in [4.69, 9.17) is 17.7 Å². The molecule has 0 radical (unpaired) electrons. The molecule has 0 bridgehead atoms. The van der Waals surface area contributed by atoms with Crippen molar-refractivity contribution in [1.29, 1.82) is 0 Å². The summed E-state index contributed by atoms with van der Waals surface area (Å²) in [7, 11) is 0. The van der Waals surface area contributed by atoms with Crippen molar-refractivity contribution in [3.63, 3.8) is 0 Å². The SMILES string of the molecule is Cc1ccc(-c2cc3ccccc3o2)c(C)c1N1c2cccc3c2B(c2c1oc1ccc(C(C)(C)C)cc21)c1c(oc2ccc(C(C)(C)C)cc12)N3c1c(C)ccc(-c2cc3ccccc3o2)c1C. The highest BCUT2D eigenvalue weighted by molar-refractivity contribution is 7.02. The van der Waals surface area contributed by atoms with Gasteiger partial charge in [-0.25, -0.2) is 0 Å². The molecule has 0 amide bonds. The van der Waals surface area contributed by atoms with Crippen molar-refractivity contribution in [2.24, 2.45) is 0 Å². The molecular formula is C62H53BN2O4. The van der Waals surface area contributed by atoms with Crippen LogP contribution in [0.4, 0.5) is 34.5 Å². The summed E-state index contributed by atoms with van der Waals surface area (Å²) in [4.78, 5) is 4.82. The maximum atomic E-state index is 7.35. The third kappa shape index (κ3) is 6.05. The average molecular weight is 901 g/mol. The molecule has 338 valence electrons. The number of nitrogens with zero attached hydrogens (tertiary/aromatic N) is 2. The lowest BCUT2D eigenvalue weighted by Gasteiger charge is -2.41. The van der Waals surface area contributed by atoms with E-state index in [1.807, 2.05) is 24.3 Å². The quantitative estimate of drug-likeness (QED) is 0.164. The first-order chi connectivity index (χ1) is 33.1. The van der Waals surface area contributed by atoms with Crippen LogP contribution in [-0.4, -0.2) is 6.71 Å². The Morgan fingerprint density at radius 1 is 0.406 bits per heavy atom. The molecule has 6 heterocycles. The number of hydrogen-bond donors (Lipinski definition) is 0. The second-order valence-corrected chi connectivity index (χ2v) is 21.5. The Labute approximate surface area is 402 Å². The molecule has 0 saturated heterocycles. The zero-order valence-electron chi connectivity index (χ0n) is 40.9. The van der Waals surface area contributed by atoms with Gasteiger partial charge in [0.1, 0.15) is 33.9 Å². The molecule has 0 saturated carbocycles. The largest absolute Gasteiger partial charge is 0.456 e. The summed E-state index contributed by atoms with van der Waals surface area (Å²) in [6.45, 7) is 22.4. The fraction of sp³-hybridized carbons (Fsp3) is 0.194. The summed E-state index contributed by atoms with van der Waals surface area (Å²) in [5.41, 5.74) is 20.1. The van der Waals surface area contributed by atoms with Crippen LogP contribution in [0.25, 0.3) is 66.5 Å². The van der Waals surface area contributed by atoms with Crippen molar-refractivity contribution >= 4 is 101 Å². The van der Waals surface area contributed by atoms with Crippen LogP contribution in [0, 0.1) is 27.7 Å². The number of para-hydroxylation sites is 2. The van der Waals surface area contributed by atoms with Gasteiger partial charge in [-0.05, 0) is 138 Å². The highest BCUT2D eigenvalue weighted by Crippen LogP contribution is 2.51. The van der Waals surface area contributed by atoms with Gasteiger partial charge in [0.05, 0.1) is 11.4 Å². The molecule has 11 aromatic rings. The van der Waals surface area contributed by atoms with E-state index in [0.29, 0.717) is 0 Å². The first-order valence-electron chi connectivity index (χ1n) is 24.2. The second kappa shape index (κ2) is 14.4. The molecule has 2 aliphatic heterocycles. The average Bonchev–Trinajstić information content (AvgIpc) is 4.12. The number of anilines is 6. The predicted molar refractivity (Wildman–Crippen MR) is 287 cm³/mol. The molecule has 13 rings (SSSR count). The summed E-state index contributed by atoms with van der Waals surface area (Å²) in [5, 5.41) is 4.37. The fourth-order valence-corrected chi connectivity index (χ4v) is 11.5. The van der Waals surface area contributed by atoms with Gasteiger partial charge in [-0.1, -0.05) is 120 Å². The van der Waals surface area contributed by atoms with E-state index in [1.165, 1.54) is 16.6 Å². The minimum Gasteiger partial charge on any atom is -0.456 e. The zero-order chi connectivity index (χ0) is 47.4. The lowest BCUT2D eigenvalue weighted by molar-refractivity contribution is 0.589. The highest BCUT2D eigenvalue weighted by atomic mass is 16.4. The highest BCUT2D eigenvalue weighted by Gasteiger charge is 2.49. The van der Waals surface area contributed by atoms with Crippen LogP contribution in [0.1, 0.15) is 74.9 Å². The number of benzene rings is 7. The van der Waals surface area contributed by atoms with Gasteiger partial charge in [-0.3, -0.25) is 9.80 Å². The van der Waals surface area contributed by atoms with Gasteiger partial charge in [-0.15, -0.1) is 0 Å². The second-order valence-electron chi connectivity index (χ2n) is 21.5. The topological polar surface area (TPSA) is 59.0 Å². The van der Waals surface area contributed by atoms with Gasteiger partial charge >= 0.3 is 0 Å². The third-order valence-corrected chi connectivity index (χ3v) is 15.1. The monoisotopic (exact) mass is 900 g/mol. The molecular weight excluding hydrogens is 848 g/mol. The summed E-state index contributed by atoms with van der Waals surface area (Å²) in [6, 6.07) is 50.0. The maximum absolute atomic E-state index is 7.35. The smallest absolute Gasteiger partial charge is 0.262 e. The van der Waals surface area contributed by atoms with Crippen molar-refractivity contribution in [2.75, 3.05) is 9.80 Å². The summed E-state index contributed by atoms with van der Waals surface area (Å²) in [5.74, 6) is 3.31. The zero-order valence-corrected chi connectivity index (χ0v) is 40.9. The molecule has 2 aliphatic rings. The van der Waals surface area contributed by atoms with Crippen molar-refractivity contribution in [3.05, 3.63) is 173 Å². The first kappa shape index (κ1) is 41.5. The van der Waals surface area contributed by atoms with E-state index in [0.717, 1.165) is 134 Å². The van der Waals surface area contributed by atoms with Crippen LogP contribution in [-0.2, 0) is 10.8 Å². The molecule has 0 unspecified atom stereocenters. The van der Waals surface area contributed by atoms with Gasteiger partial charge in [0.25, 0.3) is 6.71 Å². The molecule has 69 heavy (non-hydrogen) atoms. The Morgan fingerprint density at radius 3 is 1.26 bits per heavy atom. The minimum atomic E-state index is -0.236. The lowest BCUT2D eigenvalue weighted by atomic mass is 9.33. The summed E-state index contributed by atoms with van der Waals surface area (Å²) >= 11 is 0. The van der Waals surface area contributed by atoms with Gasteiger partial charge in [-0.2, -0.15) is 0 Å². The Morgan fingerprint density at radius 2 is 0.841 bits per heavy atom. The van der Waals surface area contributed by atoms with Crippen molar-refractivity contribution < 1.29 is 17.7 Å². The van der Waals surface area contributed by atoms with Crippen molar-refractivity contribution in [1.82, 2.24) is 0 Å². The van der Waals surface area contributed by atoms with Crippen LogP contribution in [0.3, 0.4) is 0 Å². The minimum absolute atomic E-state index is 0.0950. The van der Waals surface area contributed by atoms with Crippen LogP contribution >= 0.6 is 0 Å². The molecule has 7 aromatic carbocycles. The molecule has 0 atom stereocenters. The Kier molecular flexibility index (Phi) is 8.70. The van der Waals surface area contributed by atoms with E-state index in [9.17, 15) is 0 Å². The molecule has 7 heteroatoms. The van der Waals surface area contributed by atoms with Gasteiger partial charge < -0.3 is 17.7 Å². The molecule has 6 nitrogen and oxygen atoms in total. The number of aryl methyl sites for hydroxylation is 2. The lowest BCUT2D eigenvalue weighted by Crippen LogP contribution is -2.61. The molecule has 0 aliphatic carbocycles. The Bertz CT molecular complexity index is 3640. The molecule has 0 N–H and O–H groups in total. The van der Waals surface area contributed by atoms with Crippen molar-refractivity contribution in [2.45, 2.75) is 80.1 Å². The molecule has 0 spiro atoms. The van der Waals surface area contributed by atoms with E-state index < -0.39 is 0 Å². The molecule has 0 fully saturated rings. The van der Waals surface area contributed by atoms with E-state index >= 15 is 0 Å². The van der Waals surface area contributed by atoms with Crippen LogP contribution in [0.2, 0.25) is 0 Å². The summed E-state index contributed by atoms with van der Waals surface area (Å²) < 4.78 is 27.9. The normalized spacial score (nSPS) is 13.6. The van der Waals surface area contributed by atoms with Crippen LogP contribution < -0.4 is 26.2 Å². The molecule has 4 aromatic heterocycles. The number of furan rings is 4. The van der Waals surface area contributed by atoms with E-state index in [-0.39, 0.29) is 17.5 Å². The third-order valence-electron chi connectivity index (χ3n) is 15.1. The fourth-order valence-electron chi connectivity index (χ4n) is 11.5. The summed E-state index contributed by atoms with van der Waals surface area (Å²) in [6.07, 6.45) is 0. The first-order valence-corrected chi connectivity index (χ1v) is 24.2. The number of rotatable bonds is 4. The van der Waals surface area contributed by atoms with Crippen LogP contribution in [0.15, 0.2) is 157 Å². The van der Waals surface area contributed by atoms with Crippen LogP contribution in [0.5, 0.6) is 0 Å². The number of hydrogen-bond acceptors (Lipinski definition) is 6. The maximum Gasteiger partial charge on any atom is 0.262 e. The van der Waals surface area contributed by atoms with Crippen molar-refractivity contribution in [3.8, 4) is 22.6 Å². The van der Waals surface area contributed by atoms with Gasteiger partial charge in [0.2, 0.25) is 11.8 Å². The van der Waals surface area contributed by atoms with E-state index in [1.54, 1.807) is 0 Å². The predicted octanol–water partition coefficient (Wildman–Crippen LogP) is 15.9. The number of fused-ring (bicyclic) bond motifs is 10. The standard InChI is InChI=1S/C62H53BN2O4/c1-34-22-26-42(52-30-38-16-11-13-20-48(38)66-52)36(3)57(34)64-46-18-15-19-47-56(46)63(54-44-32-40(61(5,6)7)24-28-50(44)68-59(54)64)55-45-33-41(62(8,9)10)25-29-51(45)69-60(55)65(47)58-35(2)23-27-43(37(58)4)53-31-39-17-12-14-21-49(39)67-53/h11-33H,1-10H3. The van der Waals surface area contributed by atoms with Gasteiger partial charge in [0.15, 0.2) is 0 Å². The Hall–Kier alpha value is -7.64. The Balaban J connectivity index is 1.15. The van der Waals surface area contributed by atoms with E-state index in [2.05, 4.69) is 194 Å². The van der Waals surface area contributed by atoms with Gasteiger partial charge in [0, 0.05) is 55.0 Å².